The van der Waals surface area contributed by atoms with Gasteiger partial charge in [0, 0.05) is 25.4 Å². The summed E-state index contributed by atoms with van der Waals surface area (Å²) >= 11 is 0. The summed E-state index contributed by atoms with van der Waals surface area (Å²) in [7, 11) is 1.69. The van der Waals surface area contributed by atoms with E-state index in [1.165, 1.54) is 4.68 Å². The van der Waals surface area contributed by atoms with Crippen molar-refractivity contribution in [1.82, 2.24) is 9.78 Å². The Balaban J connectivity index is 2.49. The van der Waals surface area contributed by atoms with Crippen LogP contribution in [0.1, 0.15) is 12.6 Å². The second kappa shape index (κ2) is 5.24. The van der Waals surface area contributed by atoms with Gasteiger partial charge in [0.2, 0.25) is 5.82 Å². The molecular formula is C12H12F2N4O2. The summed E-state index contributed by atoms with van der Waals surface area (Å²) in [6.07, 6.45) is 2.17. The highest BCUT2D eigenvalue weighted by molar-refractivity contribution is 5.70. The molecule has 0 aliphatic rings. The van der Waals surface area contributed by atoms with Gasteiger partial charge in [-0.1, -0.05) is 6.92 Å². The smallest absolute Gasteiger partial charge is 0.328 e. The predicted molar refractivity (Wildman–Crippen MR) is 68.9 cm³/mol. The minimum Gasteiger partial charge on any atom is -0.347 e. The zero-order chi connectivity index (χ0) is 14.9. The predicted octanol–water partition coefficient (Wildman–Crippen LogP) is 2.91. The number of hydrogen-bond acceptors (Lipinski definition) is 4. The molecule has 1 heterocycles. The topological polar surface area (TPSA) is 73.0 Å². The van der Waals surface area contributed by atoms with Crippen molar-refractivity contribution in [1.29, 1.82) is 0 Å². The van der Waals surface area contributed by atoms with Crippen LogP contribution in [-0.4, -0.2) is 14.7 Å². The van der Waals surface area contributed by atoms with E-state index in [4.69, 9.17) is 0 Å². The SMILES string of the molecule is CCc1nn(C)cc1Nc1cc(F)cc(F)c1[N+](=O)[O-]. The summed E-state index contributed by atoms with van der Waals surface area (Å²) in [4.78, 5) is 10.00. The summed E-state index contributed by atoms with van der Waals surface area (Å²) in [5.74, 6) is -2.11. The van der Waals surface area contributed by atoms with E-state index in [1.807, 2.05) is 6.92 Å². The van der Waals surface area contributed by atoms with E-state index in [-0.39, 0.29) is 5.69 Å². The summed E-state index contributed by atoms with van der Waals surface area (Å²) in [5.41, 5.74) is 0.0853. The van der Waals surface area contributed by atoms with Crippen LogP contribution >= 0.6 is 0 Å². The van der Waals surface area contributed by atoms with E-state index < -0.39 is 22.2 Å². The molecule has 1 aromatic heterocycles. The van der Waals surface area contributed by atoms with E-state index in [9.17, 15) is 18.9 Å². The Labute approximate surface area is 113 Å². The van der Waals surface area contributed by atoms with Crippen molar-refractivity contribution >= 4 is 17.1 Å². The first-order valence-corrected chi connectivity index (χ1v) is 5.85. The lowest BCUT2D eigenvalue weighted by Gasteiger charge is -2.07. The summed E-state index contributed by atoms with van der Waals surface area (Å²) in [5, 5.41) is 17.7. The summed E-state index contributed by atoms with van der Waals surface area (Å²) in [6.45, 7) is 1.86. The van der Waals surface area contributed by atoms with Crippen LogP contribution in [0.15, 0.2) is 18.3 Å². The number of aromatic nitrogens is 2. The van der Waals surface area contributed by atoms with E-state index in [1.54, 1.807) is 13.2 Å². The summed E-state index contributed by atoms with van der Waals surface area (Å²) < 4.78 is 28.3. The average Bonchev–Trinajstić information content (AvgIpc) is 2.67. The Morgan fingerprint density at radius 2 is 2.10 bits per heavy atom. The maximum Gasteiger partial charge on any atom is 0.328 e. The second-order valence-corrected chi connectivity index (χ2v) is 4.18. The van der Waals surface area contributed by atoms with Gasteiger partial charge < -0.3 is 5.32 Å². The van der Waals surface area contributed by atoms with E-state index in [0.717, 1.165) is 6.07 Å². The van der Waals surface area contributed by atoms with Gasteiger partial charge in [-0.25, -0.2) is 4.39 Å². The van der Waals surface area contributed by atoms with E-state index >= 15 is 0 Å². The Bertz CT molecular complexity index is 670. The van der Waals surface area contributed by atoms with Crippen LogP contribution in [0.2, 0.25) is 0 Å². The molecule has 0 atom stereocenters. The highest BCUT2D eigenvalue weighted by atomic mass is 19.1. The highest BCUT2D eigenvalue weighted by Gasteiger charge is 2.23. The number of nitrogens with one attached hydrogen (secondary N) is 1. The molecule has 0 unspecified atom stereocenters. The van der Waals surface area contributed by atoms with Gasteiger partial charge in [0.1, 0.15) is 11.5 Å². The van der Waals surface area contributed by atoms with Crippen molar-refractivity contribution < 1.29 is 13.7 Å². The zero-order valence-corrected chi connectivity index (χ0v) is 10.9. The maximum atomic E-state index is 13.5. The van der Waals surface area contributed by atoms with Crippen molar-refractivity contribution in [2.45, 2.75) is 13.3 Å². The molecule has 0 fully saturated rings. The molecule has 106 valence electrons. The highest BCUT2D eigenvalue weighted by Crippen LogP contribution is 2.32. The lowest BCUT2D eigenvalue weighted by atomic mass is 10.2. The molecule has 0 amide bonds. The molecule has 8 heteroatoms. The first-order valence-electron chi connectivity index (χ1n) is 5.85. The van der Waals surface area contributed by atoms with Gasteiger partial charge in [-0.2, -0.15) is 9.49 Å². The average molecular weight is 282 g/mol. The standard InChI is InChI=1S/C12H12F2N4O2/c1-3-9-11(6-17(2)16-9)15-10-5-7(13)4-8(14)12(10)18(19)20/h4-6,15H,3H2,1-2H3. The minimum absolute atomic E-state index is 0.241. The first kappa shape index (κ1) is 13.9. The number of aryl methyl sites for hydroxylation is 2. The van der Waals surface area contributed by atoms with Crippen LogP contribution < -0.4 is 5.32 Å². The number of anilines is 2. The molecule has 1 N–H and O–H groups in total. The zero-order valence-electron chi connectivity index (χ0n) is 10.9. The third kappa shape index (κ3) is 2.58. The van der Waals surface area contributed by atoms with E-state index in [0.29, 0.717) is 23.9 Å². The third-order valence-electron chi connectivity index (χ3n) is 2.72. The molecule has 2 rings (SSSR count). The van der Waals surface area contributed by atoms with Gasteiger partial charge in [-0.05, 0) is 6.42 Å². The second-order valence-electron chi connectivity index (χ2n) is 4.18. The number of benzene rings is 1. The molecule has 20 heavy (non-hydrogen) atoms. The molecule has 0 saturated heterocycles. The molecule has 6 nitrogen and oxygen atoms in total. The fraction of sp³-hybridized carbons (Fsp3) is 0.250. The Hall–Kier alpha value is -2.51. The van der Waals surface area contributed by atoms with Crippen LogP contribution in [0.5, 0.6) is 0 Å². The maximum absolute atomic E-state index is 13.5. The van der Waals surface area contributed by atoms with Crippen LogP contribution in [0.25, 0.3) is 0 Å². The molecule has 0 radical (unpaired) electrons. The van der Waals surface area contributed by atoms with Gasteiger partial charge in [-0.3, -0.25) is 14.8 Å². The lowest BCUT2D eigenvalue weighted by molar-refractivity contribution is -0.386. The summed E-state index contributed by atoms with van der Waals surface area (Å²) in [6, 6.07) is 1.36. The molecule has 0 saturated carbocycles. The van der Waals surface area contributed by atoms with Crippen molar-refractivity contribution in [3.05, 3.63) is 45.8 Å². The molecule has 1 aromatic carbocycles. The van der Waals surface area contributed by atoms with Gasteiger partial charge in [0.15, 0.2) is 0 Å². The molecule has 0 aliphatic heterocycles. The van der Waals surface area contributed by atoms with Gasteiger partial charge in [0.05, 0.1) is 16.3 Å². The van der Waals surface area contributed by atoms with Gasteiger partial charge >= 0.3 is 5.69 Å². The van der Waals surface area contributed by atoms with E-state index in [2.05, 4.69) is 10.4 Å². The molecule has 0 bridgehead atoms. The molecule has 2 aromatic rings. The molecular weight excluding hydrogens is 270 g/mol. The largest absolute Gasteiger partial charge is 0.347 e. The van der Waals surface area contributed by atoms with Crippen LogP contribution in [0.3, 0.4) is 0 Å². The number of halogens is 2. The number of nitrogens with zero attached hydrogens (tertiary/aromatic N) is 3. The Morgan fingerprint density at radius 3 is 2.70 bits per heavy atom. The van der Waals surface area contributed by atoms with Crippen molar-refractivity contribution in [3.63, 3.8) is 0 Å². The third-order valence-corrected chi connectivity index (χ3v) is 2.72. The van der Waals surface area contributed by atoms with Crippen molar-refractivity contribution in [3.8, 4) is 0 Å². The number of hydrogen-bond donors (Lipinski definition) is 1. The number of nitro benzene ring substituents is 1. The quantitative estimate of drug-likeness (QED) is 0.691. The number of rotatable bonds is 4. The van der Waals surface area contributed by atoms with Gasteiger partial charge in [0.25, 0.3) is 0 Å². The minimum atomic E-state index is -1.22. The fourth-order valence-corrected chi connectivity index (χ4v) is 1.89. The normalized spacial score (nSPS) is 10.6. The Kier molecular flexibility index (Phi) is 3.64. The lowest BCUT2D eigenvalue weighted by Crippen LogP contribution is -2.01. The van der Waals surface area contributed by atoms with Gasteiger partial charge in [-0.15, -0.1) is 0 Å². The first-order chi connectivity index (χ1) is 9.42. The van der Waals surface area contributed by atoms with Crippen LogP contribution in [0, 0.1) is 21.7 Å². The Morgan fingerprint density at radius 1 is 1.40 bits per heavy atom. The van der Waals surface area contributed by atoms with Crippen LogP contribution in [-0.2, 0) is 13.5 Å². The van der Waals surface area contributed by atoms with Crippen molar-refractivity contribution in [2.24, 2.45) is 7.05 Å². The monoisotopic (exact) mass is 282 g/mol. The molecule has 0 aliphatic carbocycles. The molecule has 0 spiro atoms. The number of nitro groups is 1. The van der Waals surface area contributed by atoms with Crippen molar-refractivity contribution in [2.75, 3.05) is 5.32 Å². The van der Waals surface area contributed by atoms with Crippen LogP contribution in [0.4, 0.5) is 25.8 Å². The fourth-order valence-electron chi connectivity index (χ4n) is 1.89.